The fourth-order valence-electron chi connectivity index (χ4n) is 0.636. The van der Waals surface area contributed by atoms with Crippen molar-refractivity contribution in [1.82, 2.24) is 0 Å². The highest BCUT2D eigenvalue weighted by Gasteiger charge is 2.04. The molecule has 0 unspecified atom stereocenters. The maximum Gasteiger partial charge on any atom is 0.142 e. The molecule has 0 fully saturated rings. The molecule has 1 aromatic rings. The third-order valence-corrected chi connectivity index (χ3v) is 1.12. The molecule has 0 aromatic heterocycles. The van der Waals surface area contributed by atoms with Gasteiger partial charge in [0.25, 0.3) is 0 Å². The minimum absolute atomic E-state index is 0.394. The van der Waals surface area contributed by atoms with E-state index in [-0.39, 0.29) is 0 Å². The van der Waals surface area contributed by atoms with Gasteiger partial charge in [0, 0.05) is 6.07 Å². The van der Waals surface area contributed by atoms with Gasteiger partial charge in [0.15, 0.2) is 0 Å². The molecule has 11 heavy (non-hydrogen) atoms. The summed E-state index contributed by atoms with van der Waals surface area (Å²) in [5, 5.41) is 10.5. The van der Waals surface area contributed by atoms with Crippen LogP contribution in [-0.2, 0) is 0 Å². The molecule has 2 nitrogen and oxygen atoms in total. The standard InChI is InChI=1S/C7H4F2NO/c8-6-2-1-3-7(9)5(6)4-10-11/h1-2,4,11H. The van der Waals surface area contributed by atoms with E-state index in [1.54, 1.807) is 0 Å². The summed E-state index contributed by atoms with van der Waals surface area (Å²) in [5.74, 6) is -1.65. The Balaban J connectivity index is 3.20. The summed E-state index contributed by atoms with van der Waals surface area (Å²) in [5.41, 5.74) is -0.394. The Morgan fingerprint density at radius 3 is 2.82 bits per heavy atom. The van der Waals surface area contributed by atoms with Crippen molar-refractivity contribution in [2.75, 3.05) is 0 Å². The van der Waals surface area contributed by atoms with Gasteiger partial charge in [-0.25, -0.2) is 8.78 Å². The topological polar surface area (TPSA) is 32.6 Å². The zero-order chi connectivity index (χ0) is 8.27. The number of benzene rings is 1. The summed E-state index contributed by atoms with van der Waals surface area (Å²) in [4.78, 5) is 0. The molecule has 1 aromatic carbocycles. The second kappa shape index (κ2) is 3.09. The predicted molar refractivity (Wildman–Crippen MR) is 34.6 cm³/mol. The molecule has 0 atom stereocenters. The van der Waals surface area contributed by atoms with Crippen LogP contribution in [0.4, 0.5) is 8.78 Å². The zero-order valence-electron chi connectivity index (χ0n) is 5.38. The first-order valence-electron chi connectivity index (χ1n) is 2.79. The van der Waals surface area contributed by atoms with Crippen molar-refractivity contribution in [1.29, 1.82) is 0 Å². The largest absolute Gasteiger partial charge is 0.411 e. The van der Waals surface area contributed by atoms with E-state index in [2.05, 4.69) is 11.2 Å². The number of nitrogens with zero attached hydrogens (tertiary/aromatic N) is 1. The van der Waals surface area contributed by atoms with Gasteiger partial charge in [-0.2, -0.15) is 0 Å². The zero-order valence-corrected chi connectivity index (χ0v) is 5.38. The van der Waals surface area contributed by atoms with Crippen LogP contribution >= 0.6 is 0 Å². The number of oxime groups is 1. The highest BCUT2D eigenvalue weighted by Crippen LogP contribution is 2.07. The fourth-order valence-corrected chi connectivity index (χ4v) is 0.636. The van der Waals surface area contributed by atoms with Gasteiger partial charge in [0.1, 0.15) is 11.6 Å². The van der Waals surface area contributed by atoms with Gasteiger partial charge in [0.05, 0.1) is 11.8 Å². The second-order valence-electron chi connectivity index (χ2n) is 1.80. The Kier molecular flexibility index (Phi) is 2.15. The first kappa shape index (κ1) is 7.65. The molecular formula is C7H4F2NO. The van der Waals surface area contributed by atoms with E-state index in [0.717, 1.165) is 12.1 Å². The molecular weight excluding hydrogens is 152 g/mol. The first-order chi connectivity index (χ1) is 5.25. The minimum atomic E-state index is -0.872. The van der Waals surface area contributed by atoms with Crippen LogP contribution in [0.5, 0.6) is 0 Å². The van der Waals surface area contributed by atoms with Crippen molar-refractivity contribution in [3.05, 3.63) is 35.4 Å². The molecule has 0 heterocycles. The molecule has 0 saturated carbocycles. The fraction of sp³-hybridized carbons (Fsp3) is 0. The Hall–Kier alpha value is -1.45. The average Bonchev–Trinajstić information content (AvgIpc) is 1.97. The van der Waals surface area contributed by atoms with Gasteiger partial charge in [-0.05, 0) is 12.1 Å². The van der Waals surface area contributed by atoms with Crippen LogP contribution in [0.3, 0.4) is 0 Å². The van der Waals surface area contributed by atoms with Gasteiger partial charge < -0.3 is 5.21 Å². The van der Waals surface area contributed by atoms with Crippen LogP contribution in [0.1, 0.15) is 5.56 Å². The van der Waals surface area contributed by atoms with Crippen LogP contribution in [0, 0.1) is 17.7 Å². The maximum absolute atomic E-state index is 12.6. The van der Waals surface area contributed by atoms with Crippen LogP contribution in [-0.4, -0.2) is 11.4 Å². The Morgan fingerprint density at radius 2 is 2.27 bits per heavy atom. The third kappa shape index (κ3) is 1.52. The summed E-state index contributed by atoms with van der Waals surface area (Å²) >= 11 is 0. The first-order valence-corrected chi connectivity index (χ1v) is 2.79. The summed E-state index contributed by atoms with van der Waals surface area (Å²) < 4.78 is 25.1. The van der Waals surface area contributed by atoms with E-state index in [4.69, 9.17) is 5.21 Å². The summed E-state index contributed by atoms with van der Waals surface area (Å²) in [7, 11) is 0. The average molecular weight is 156 g/mol. The third-order valence-electron chi connectivity index (χ3n) is 1.12. The molecule has 1 radical (unpaired) electrons. The molecule has 4 heteroatoms. The Bertz CT molecular complexity index is 266. The summed E-state index contributed by atoms with van der Waals surface area (Å²) in [6, 6.07) is 4.25. The Labute approximate surface area is 61.8 Å². The normalized spacial score (nSPS) is 10.7. The number of rotatable bonds is 1. The lowest BCUT2D eigenvalue weighted by Crippen LogP contribution is -1.92. The van der Waals surface area contributed by atoms with Gasteiger partial charge in [-0.1, -0.05) is 5.16 Å². The molecule has 0 amide bonds. The van der Waals surface area contributed by atoms with Crippen molar-refractivity contribution in [2.24, 2.45) is 5.16 Å². The second-order valence-corrected chi connectivity index (χ2v) is 1.80. The molecule has 0 aliphatic heterocycles. The number of hydrogen-bond acceptors (Lipinski definition) is 2. The highest BCUT2D eigenvalue weighted by molar-refractivity contribution is 5.79. The number of hydrogen-bond donors (Lipinski definition) is 1. The van der Waals surface area contributed by atoms with Gasteiger partial charge in [0.2, 0.25) is 0 Å². The van der Waals surface area contributed by atoms with E-state index < -0.39 is 17.2 Å². The van der Waals surface area contributed by atoms with Crippen molar-refractivity contribution in [2.45, 2.75) is 0 Å². The molecule has 0 saturated heterocycles. The van der Waals surface area contributed by atoms with E-state index in [1.165, 1.54) is 0 Å². The number of halogens is 2. The van der Waals surface area contributed by atoms with Crippen LogP contribution in [0.15, 0.2) is 17.3 Å². The lowest BCUT2D eigenvalue weighted by Gasteiger charge is -1.94. The lowest BCUT2D eigenvalue weighted by atomic mass is 10.2. The van der Waals surface area contributed by atoms with Crippen molar-refractivity contribution in [3.8, 4) is 0 Å². The van der Waals surface area contributed by atoms with E-state index in [1.807, 2.05) is 0 Å². The van der Waals surface area contributed by atoms with Crippen molar-refractivity contribution >= 4 is 6.21 Å². The van der Waals surface area contributed by atoms with Gasteiger partial charge in [-0.3, -0.25) is 0 Å². The monoisotopic (exact) mass is 156 g/mol. The molecule has 1 N–H and O–H groups in total. The molecule has 0 aliphatic rings. The Morgan fingerprint density at radius 1 is 1.55 bits per heavy atom. The van der Waals surface area contributed by atoms with Gasteiger partial charge >= 0.3 is 0 Å². The lowest BCUT2D eigenvalue weighted by molar-refractivity contribution is 0.321. The van der Waals surface area contributed by atoms with E-state index in [0.29, 0.717) is 6.21 Å². The molecule has 0 spiro atoms. The van der Waals surface area contributed by atoms with Crippen molar-refractivity contribution in [3.63, 3.8) is 0 Å². The summed E-state index contributed by atoms with van der Waals surface area (Å²) in [6.45, 7) is 0. The predicted octanol–water partition coefficient (Wildman–Crippen LogP) is 1.57. The van der Waals surface area contributed by atoms with Crippen LogP contribution in [0.25, 0.3) is 0 Å². The quantitative estimate of drug-likeness (QED) is 0.373. The van der Waals surface area contributed by atoms with Crippen LogP contribution in [0.2, 0.25) is 0 Å². The van der Waals surface area contributed by atoms with Gasteiger partial charge in [-0.15, -0.1) is 0 Å². The molecule has 1 rings (SSSR count). The van der Waals surface area contributed by atoms with Crippen molar-refractivity contribution < 1.29 is 14.0 Å². The molecule has 57 valence electrons. The smallest absolute Gasteiger partial charge is 0.142 e. The SMILES string of the molecule is ON=Cc1c(F)[c]ccc1F. The van der Waals surface area contributed by atoms with E-state index >= 15 is 0 Å². The van der Waals surface area contributed by atoms with E-state index in [9.17, 15) is 8.78 Å². The molecule has 0 aliphatic carbocycles. The highest BCUT2D eigenvalue weighted by atomic mass is 19.1. The van der Waals surface area contributed by atoms with Crippen LogP contribution < -0.4 is 0 Å². The molecule has 0 bridgehead atoms. The summed E-state index contributed by atoms with van der Waals surface area (Å²) in [6.07, 6.45) is 0.682. The maximum atomic E-state index is 12.6. The minimum Gasteiger partial charge on any atom is -0.411 e.